The highest BCUT2D eigenvalue weighted by atomic mass is 35.5. The van der Waals surface area contributed by atoms with Crippen LogP contribution in [0.4, 0.5) is 9.18 Å². The zero-order chi connectivity index (χ0) is 14.4. The van der Waals surface area contributed by atoms with Crippen LogP contribution in [0.1, 0.15) is 24.5 Å². The van der Waals surface area contributed by atoms with Gasteiger partial charge >= 0.3 is 6.03 Å². The summed E-state index contributed by atoms with van der Waals surface area (Å²) in [5.74, 6) is 0. The summed E-state index contributed by atoms with van der Waals surface area (Å²) in [6.07, 6.45) is 0.915. The molecule has 20 heavy (non-hydrogen) atoms. The summed E-state index contributed by atoms with van der Waals surface area (Å²) < 4.78 is 17.6. The first-order chi connectivity index (χ1) is 9.70. The van der Waals surface area contributed by atoms with Gasteiger partial charge in [-0.3, -0.25) is 4.39 Å². The van der Waals surface area contributed by atoms with Gasteiger partial charge in [0.1, 0.15) is 6.10 Å². The largest absolute Gasteiger partial charge is 0.371 e. The predicted molar refractivity (Wildman–Crippen MR) is 75.7 cm³/mol. The minimum atomic E-state index is -0.430. The molecule has 2 rings (SSSR count). The Bertz CT molecular complexity index is 441. The van der Waals surface area contributed by atoms with Crippen LogP contribution in [0.15, 0.2) is 24.3 Å². The molecule has 4 nitrogen and oxygen atoms in total. The zero-order valence-corrected chi connectivity index (χ0v) is 11.8. The number of urea groups is 1. The van der Waals surface area contributed by atoms with Crippen molar-refractivity contribution in [3.05, 3.63) is 34.9 Å². The predicted octanol–water partition coefficient (Wildman–Crippen LogP) is 2.83. The smallest absolute Gasteiger partial charge is 0.315 e. The lowest BCUT2D eigenvalue weighted by Gasteiger charge is -2.20. The third kappa shape index (κ3) is 4.08. The van der Waals surface area contributed by atoms with Crippen molar-refractivity contribution >= 4 is 17.6 Å². The molecule has 1 aromatic carbocycles. The lowest BCUT2D eigenvalue weighted by molar-refractivity contribution is 0.0999. The van der Waals surface area contributed by atoms with Gasteiger partial charge in [-0.15, -0.1) is 0 Å². The number of ether oxygens (including phenoxy) is 1. The van der Waals surface area contributed by atoms with E-state index in [0.717, 1.165) is 12.0 Å². The minimum Gasteiger partial charge on any atom is -0.371 e. The lowest BCUT2D eigenvalue weighted by atomic mass is 10.0. The number of alkyl halides is 1. The molecule has 1 saturated heterocycles. The van der Waals surface area contributed by atoms with Gasteiger partial charge in [0.25, 0.3) is 0 Å². The van der Waals surface area contributed by atoms with Crippen molar-refractivity contribution in [3.8, 4) is 0 Å². The number of carbonyl (C=O) groups is 1. The topological polar surface area (TPSA) is 50.4 Å². The Morgan fingerprint density at radius 1 is 1.40 bits per heavy atom. The van der Waals surface area contributed by atoms with Gasteiger partial charge in [-0.2, -0.15) is 0 Å². The Hall–Kier alpha value is -1.33. The van der Waals surface area contributed by atoms with Crippen LogP contribution >= 0.6 is 11.6 Å². The molecular formula is C14H18ClFN2O2. The maximum absolute atomic E-state index is 12.0. The van der Waals surface area contributed by atoms with E-state index in [4.69, 9.17) is 16.3 Å². The van der Waals surface area contributed by atoms with Gasteiger partial charge in [0.15, 0.2) is 0 Å². The van der Waals surface area contributed by atoms with Gasteiger partial charge in [-0.05, 0) is 30.5 Å². The van der Waals surface area contributed by atoms with Crippen molar-refractivity contribution in [1.29, 1.82) is 0 Å². The molecule has 0 spiro atoms. The summed E-state index contributed by atoms with van der Waals surface area (Å²) >= 11 is 5.86. The molecule has 6 heteroatoms. The summed E-state index contributed by atoms with van der Waals surface area (Å²) in [6.45, 7) is 0.504. The number of nitrogens with one attached hydrogen (secondary N) is 2. The first kappa shape index (κ1) is 15.1. The van der Waals surface area contributed by atoms with Gasteiger partial charge in [0, 0.05) is 18.2 Å². The van der Waals surface area contributed by atoms with Gasteiger partial charge in [0.05, 0.1) is 12.7 Å². The zero-order valence-electron chi connectivity index (χ0n) is 11.1. The molecule has 0 aliphatic carbocycles. The molecule has 1 aromatic rings. The molecule has 1 aliphatic rings. The molecule has 0 bridgehead atoms. The van der Waals surface area contributed by atoms with E-state index in [1.165, 1.54) is 0 Å². The van der Waals surface area contributed by atoms with E-state index in [-0.39, 0.29) is 18.2 Å². The number of rotatable bonds is 5. The Balaban J connectivity index is 1.90. The number of amides is 2. The minimum absolute atomic E-state index is 0.0819. The van der Waals surface area contributed by atoms with Crippen molar-refractivity contribution in [2.24, 2.45) is 0 Å². The van der Waals surface area contributed by atoms with Crippen molar-refractivity contribution in [2.45, 2.75) is 25.0 Å². The van der Waals surface area contributed by atoms with Gasteiger partial charge in [0.2, 0.25) is 0 Å². The van der Waals surface area contributed by atoms with Crippen LogP contribution in [-0.4, -0.2) is 31.9 Å². The van der Waals surface area contributed by atoms with E-state index < -0.39 is 6.67 Å². The van der Waals surface area contributed by atoms with E-state index in [1.54, 1.807) is 12.1 Å². The van der Waals surface area contributed by atoms with Crippen LogP contribution in [0.2, 0.25) is 5.02 Å². The fourth-order valence-corrected chi connectivity index (χ4v) is 2.33. The molecule has 2 unspecified atom stereocenters. The maximum atomic E-state index is 12.0. The molecule has 0 radical (unpaired) electrons. The Labute approximate surface area is 122 Å². The van der Waals surface area contributed by atoms with Crippen molar-refractivity contribution < 1.29 is 13.9 Å². The van der Waals surface area contributed by atoms with Crippen LogP contribution in [0.3, 0.4) is 0 Å². The molecule has 1 fully saturated rings. The fourth-order valence-electron chi connectivity index (χ4n) is 2.21. The molecule has 2 atom stereocenters. The number of carbonyl (C=O) groups excluding carboxylic acids is 1. The van der Waals surface area contributed by atoms with Crippen molar-refractivity contribution in [2.75, 3.05) is 19.8 Å². The molecule has 110 valence electrons. The first-order valence-electron chi connectivity index (χ1n) is 6.68. The van der Waals surface area contributed by atoms with E-state index in [0.29, 0.717) is 24.6 Å². The van der Waals surface area contributed by atoms with Crippen LogP contribution in [0.5, 0.6) is 0 Å². The van der Waals surface area contributed by atoms with Crippen LogP contribution in [0.25, 0.3) is 0 Å². The Kier molecular flexibility index (Phi) is 5.61. The molecule has 0 aromatic heterocycles. The summed E-state index contributed by atoms with van der Waals surface area (Å²) in [7, 11) is 0. The lowest BCUT2D eigenvalue weighted by Crippen LogP contribution is -2.43. The third-order valence-electron chi connectivity index (χ3n) is 3.20. The fraction of sp³-hybridized carbons (Fsp3) is 0.500. The molecule has 1 aliphatic heterocycles. The van der Waals surface area contributed by atoms with E-state index in [1.807, 2.05) is 12.1 Å². The summed E-state index contributed by atoms with van der Waals surface area (Å²) in [5, 5.41) is 6.16. The highest BCUT2D eigenvalue weighted by Gasteiger charge is 2.30. The van der Waals surface area contributed by atoms with E-state index in [9.17, 15) is 9.18 Å². The Morgan fingerprint density at radius 2 is 2.15 bits per heavy atom. The average Bonchev–Trinajstić information content (AvgIpc) is 2.88. The maximum Gasteiger partial charge on any atom is 0.315 e. The highest BCUT2D eigenvalue weighted by molar-refractivity contribution is 6.30. The normalized spacial score (nSPS) is 21.7. The number of halogens is 2. The number of hydrogen-bond donors (Lipinski definition) is 2. The second-order valence-corrected chi connectivity index (χ2v) is 5.12. The molecule has 0 saturated carbocycles. The van der Waals surface area contributed by atoms with E-state index in [2.05, 4.69) is 10.6 Å². The monoisotopic (exact) mass is 300 g/mol. The van der Waals surface area contributed by atoms with Crippen LogP contribution < -0.4 is 10.6 Å². The SMILES string of the molecule is O=C(NCCCF)NC1CCOC1c1ccc(Cl)cc1. The average molecular weight is 301 g/mol. The van der Waals surface area contributed by atoms with Crippen LogP contribution in [0, 0.1) is 0 Å². The van der Waals surface area contributed by atoms with Crippen molar-refractivity contribution in [1.82, 2.24) is 10.6 Å². The number of benzene rings is 1. The summed E-state index contributed by atoms with van der Waals surface area (Å²) in [4.78, 5) is 11.7. The third-order valence-corrected chi connectivity index (χ3v) is 3.45. The second-order valence-electron chi connectivity index (χ2n) is 4.68. The Morgan fingerprint density at radius 3 is 2.85 bits per heavy atom. The number of hydrogen-bond acceptors (Lipinski definition) is 2. The quantitative estimate of drug-likeness (QED) is 0.822. The first-order valence-corrected chi connectivity index (χ1v) is 7.06. The molecular weight excluding hydrogens is 283 g/mol. The van der Waals surface area contributed by atoms with Gasteiger partial charge in [-0.1, -0.05) is 23.7 Å². The molecule has 2 N–H and O–H groups in total. The van der Waals surface area contributed by atoms with Crippen LogP contribution in [-0.2, 0) is 4.74 Å². The standard InChI is InChI=1S/C14H18ClFN2O2/c15-11-4-2-10(3-5-11)13-12(6-9-20-13)18-14(19)17-8-1-7-16/h2-5,12-13H,1,6-9H2,(H2,17,18,19). The van der Waals surface area contributed by atoms with Crippen molar-refractivity contribution in [3.63, 3.8) is 0 Å². The van der Waals surface area contributed by atoms with E-state index >= 15 is 0 Å². The van der Waals surface area contributed by atoms with Gasteiger partial charge < -0.3 is 15.4 Å². The molecule has 1 heterocycles. The summed E-state index contributed by atoms with van der Waals surface area (Å²) in [6, 6.07) is 7.03. The second kappa shape index (κ2) is 7.45. The summed E-state index contributed by atoms with van der Waals surface area (Å²) in [5.41, 5.74) is 0.987. The van der Waals surface area contributed by atoms with Gasteiger partial charge in [-0.25, -0.2) is 4.79 Å². The molecule has 2 amide bonds. The highest BCUT2D eigenvalue weighted by Crippen LogP contribution is 2.29.